The van der Waals surface area contributed by atoms with Crippen LogP contribution in [0.2, 0.25) is 15.1 Å². The third-order valence-electron chi connectivity index (χ3n) is 3.24. The summed E-state index contributed by atoms with van der Waals surface area (Å²) in [7, 11) is 0. The highest BCUT2D eigenvalue weighted by Gasteiger charge is 2.33. The van der Waals surface area contributed by atoms with Gasteiger partial charge in [-0.05, 0) is 32.9 Å². The number of carbonyl (C=O) groups is 1. The standard InChI is InChI=1S/C15H19Cl3N2O2/c1-15(2,3)22-14(21)20-7-9(8-20)19-6-10-11(16)4-5-12(17)13(10)18/h4-5,9,19H,6-8H2,1-3H3. The van der Waals surface area contributed by atoms with E-state index in [2.05, 4.69) is 5.32 Å². The summed E-state index contributed by atoms with van der Waals surface area (Å²) in [6.45, 7) is 7.26. The molecule has 0 saturated carbocycles. The lowest BCUT2D eigenvalue weighted by atomic mass is 10.1. The van der Waals surface area contributed by atoms with Crippen molar-refractivity contribution in [1.29, 1.82) is 0 Å². The summed E-state index contributed by atoms with van der Waals surface area (Å²) in [5.74, 6) is 0. The molecule has 1 heterocycles. The zero-order valence-electron chi connectivity index (χ0n) is 12.8. The van der Waals surface area contributed by atoms with Crippen molar-refractivity contribution in [2.24, 2.45) is 0 Å². The molecule has 1 N–H and O–H groups in total. The number of nitrogens with one attached hydrogen (secondary N) is 1. The number of hydrogen-bond acceptors (Lipinski definition) is 3. The second-order valence-corrected chi connectivity index (χ2v) is 7.48. The highest BCUT2D eigenvalue weighted by molar-refractivity contribution is 6.44. The van der Waals surface area contributed by atoms with E-state index in [9.17, 15) is 4.79 Å². The van der Waals surface area contributed by atoms with Gasteiger partial charge in [0, 0.05) is 36.3 Å². The van der Waals surface area contributed by atoms with Gasteiger partial charge in [-0.1, -0.05) is 34.8 Å². The number of carbonyl (C=O) groups excluding carboxylic acids is 1. The van der Waals surface area contributed by atoms with Crippen LogP contribution in [0.1, 0.15) is 26.3 Å². The average Bonchev–Trinajstić information content (AvgIpc) is 2.33. The van der Waals surface area contributed by atoms with Crippen molar-refractivity contribution in [2.75, 3.05) is 13.1 Å². The Morgan fingerprint density at radius 1 is 1.27 bits per heavy atom. The Balaban J connectivity index is 1.82. The predicted molar refractivity (Wildman–Crippen MR) is 89.9 cm³/mol. The molecule has 4 nitrogen and oxygen atoms in total. The Morgan fingerprint density at radius 3 is 2.45 bits per heavy atom. The molecule has 0 radical (unpaired) electrons. The lowest BCUT2D eigenvalue weighted by Gasteiger charge is -2.40. The average molecular weight is 366 g/mol. The summed E-state index contributed by atoms with van der Waals surface area (Å²) in [5, 5.41) is 4.83. The van der Waals surface area contributed by atoms with E-state index in [-0.39, 0.29) is 12.1 Å². The number of hydrogen-bond donors (Lipinski definition) is 1. The van der Waals surface area contributed by atoms with Gasteiger partial charge in [-0.3, -0.25) is 0 Å². The van der Waals surface area contributed by atoms with Crippen molar-refractivity contribution < 1.29 is 9.53 Å². The molecule has 0 aromatic heterocycles. The molecule has 1 fully saturated rings. The van der Waals surface area contributed by atoms with E-state index in [4.69, 9.17) is 39.5 Å². The smallest absolute Gasteiger partial charge is 0.410 e. The Morgan fingerprint density at radius 2 is 1.86 bits per heavy atom. The van der Waals surface area contributed by atoms with Gasteiger partial charge in [0.2, 0.25) is 0 Å². The molecule has 1 aromatic rings. The number of benzene rings is 1. The highest BCUT2D eigenvalue weighted by atomic mass is 35.5. The van der Waals surface area contributed by atoms with Crippen molar-refractivity contribution in [2.45, 2.75) is 39.0 Å². The van der Waals surface area contributed by atoms with Crippen LogP contribution in [0.15, 0.2) is 12.1 Å². The maximum absolute atomic E-state index is 11.8. The lowest BCUT2D eigenvalue weighted by Crippen LogP contribution is -2.60. The molecule has 0 spiro atoms. The summed E-state index contributed by atoms with van der Waals surface area (Å²) in [6.07, 6.45) is -0.288. The minimum atomic E-state index is -0.475. The summed E-state index contributed by atoms with van der Waals surface area (Å²) in [6, 6.07) is 3.59. The summed E-state index contributed by atoms with van der Waals surface area (Å²) in [5.41, 5.74) is 0.295. The lowest BCUT2D eigenvalue weighted by molar-refractivity contribution is 0.00519. The van der Waals surface area contributed by atoms with Crippen molar-refractivity contribution >= 4 is 40.9 Å². The Bertz CT molecular complexity index is 567. The Kier molecular flexibility index (Phi) is 5.49. The zero-order valence-corrected chi connectivity index (χ0v) is 15.0. The molecular formula is C15H19Cl3N2O2. The van der Waals surface area contributed by atoms with Crippen LogP contribution in [0.4, 0.5) is 4.79 Å². The van der Waals surface area contributed by atoms with Gasteiger partial charge in [-0.15, -0.1) is 0 Å². The maximum atomic E-state index is 11.8. The van der Waals surface area contributed by atoms with E-state index < -0.39 is 5.60 Å². The summed E-state index contributed by atoms with van der Waals surface area (Å²) in [4.78, 5) is 13.5. The number of nitrogens with zero attached hydrogens (tertiary/aromatic N) is 1. The van der Waals surface area contributed by atoms with Gasteiger partial charge in [0.05, 0.1) is 10.0 Å². The van der Waals surface area contributed by atoms with Crippen LogP contribution in [-0.4, -0.2) is 35.7 Å². The molecule has 1 saturated heterocycles. The van der Waals surface area contributed by atoms with Crippen molar-refractivity contribution in [1.82, 2.24) is 10.2 Å². The third-order valence-corrected chi connectivity index (χ3v) is 4.44. The SMILES string of the molecule is CC(C)(C)OC(=O)N1CC(NCc2c(Cl)ccc(Cl)c2Cl)C1. The van der Waals surface area contributed by atoms with E-state index in [1.807, 2.05) is 20.8 Å². The van der Waals surface area contributed by atoms with E-state index in [0.29, 0.717) is 34.7 Å². The van der Waals surface area contributed by atoms with E-state index in [1.165, 1.54) is 0 Å². The van der Waals surface area contributed by atoms with Crippen LogP contribution in [0, 0.1) is 0 Å². The largest absolute Gasteiger partial charge is 0.444 e. The van der Waals surface area contributed by atoms with Gasteiger partial charge in [-0.25, -0.2) is 4.79 Å². The molecule has 2 rings (SSSR count). The first-order valence-corrected chi connectivity index (χ1v) is 8.14. The van der Waals surface area contributed by atoms with Gasteiger partial charge >= 0.3 is 6.09 Å². The van der Waals surface area contributed by atoms with Gasteiger partial charge in [0.15, 0.2) is 0 Å². The van der Waals surface area contributed by atoms with Gasteiger partial charge in [0.1, 0.15) is 5.60 Å². The molecule has 1 aliphatic heterocycles. The van der Waals surface area contributed by atoms with Crippen molar-refractivity contribution in [3.63, 3.8) is 0 Å². The van der Waals surface area contributed by atoms with Crippen LogP contribution in [0.3, 0.4) is 0 Å². The number of amides is 1. The minimum Gasteiger partial charge on any atom is -0.444 e. The second-order valence-electron chi connectivity index (χ2n) is 6.28. The first kappa shape index (κ1) is 17.7. The van der Waals surface area contributed by atoms with Crippen LogP contribution >= 0.6 is 34.8 Å². The number of halogens is 3. The topological polar surface area (TPSA) is 41.6 Å². The van der Waals surface area contributed by atoms with Crippen molar-refractivity contribution in [3.8, 4) is 0 Å². The fraction of sp³-hybridized carbons (Fsp3) is 0.533. The van der Waals surface area contributed by atoms with Crippen LogP contribution in [-0.2, 0) is 11.3 Å². The minimum absolute atomic E-state index is 0.193. The highest BCUT2D eigenvalue weighted by Crippen LogP contribution is 2.31. The van der Waals surface area contributed by atoms with E-state index >= 15 is 0 Å². The second kappa shape index (κ2) is 6.83. The molecule has 22 heavy (non-hydrogen) atoms. The first-order valence-electron chi connectivity index (χ1n) is 7.01. The maximum Gasteiger partial charge on any atom is 0.410 e. The van der Waals surface area contributed by atoms with Crippen LogP contribution < -0.4 is 5.32 Å². The fourth-order valence-electron chi connectivity index (χ4n) is 2.06. The molecule has 1 aromatic carbocycles. The fourth-order valence-corrected chi connectivity index (χ4v) is 2.74. The number of rotatable bonds is 3. The van der Waals surface area contributed by atoms with E-state index in [1.54, 1.807) is 17.0 Å². The molecular weight excluding hydrogens is 347 g/mol. The van der Waals surface area contributed by atoms with Crippen molar-refractivity contribution in [3.05, 3.63) is 32.8 Å². The number of ether oxygens (including phenoxy) is 1. The van der Waals surface area contributed by atoms with Gasteiger partial charge in [0.25, 0.3) is 0 Å². The molecule has 1 aliphatic rings. The first-order chi connectivity index (χ1) is 10.2. The van der Waals surface area contributed by atoms with Gasteiger partial charge < -0.3 is 15.0 Å². The Hall–Kier alpha value is -0.680. The van der Waals surface area contributed by atoms with Crippen LogP contribution in [0.25, 0.3) is 0 Å². The number of likely N-dealkylation sites (tertiary alicyclic amines) is 1. The van der Waals surface area contributed by atoms with Crippen LogP contribution in [0.5, 0.6) is 0 Å². The quantitative estimate of drug-likeness (QED) is 0.809. The summed E-state index contributed by atoms with van der Waals surface area (Å²) >= 11 is 18.3. The molecule has 0 bridgehead atoms. The molecule has 7 heteroatoms. The molecule has 1 amide bonds. The predicted octanol–water partition coefficient (Wildman–Crippen LogP) is 4.36. The molecule has 0 aliphatic carbocycles. The monoisotopic (exact) mass is 364 g/mol. The summed E-state index contributed by atoms with van der Waals surface area (Å²) < 4.78 is 5.31. The zero-order chi connectivity index (χ0) is 16.5. The normalized spacial score (nSPS) is 15.6. The molecule has 122 valence electrons. The van der Waals surface area contributed by atoms with E-state index in [0.717, 1.165) is 5.56 Å². The third kappa shape index (κ3) is 4.42. The van der Waals surface area contributed by atoms with Gasteiger partial charge in [-0.2, -0.15) is 0 Å². The Labute approximate surface area is 145 Å². The molecule has 0 atom stereocenters. The molecule has 0 unspecified atom stereocenters.